The Hall–Kier alpha value is 1.07. The average molecular weight is 114 g/mol. The van der Waals surface area contributed by atoms with Gasteiger partial charge < -0.3 is 1.43 Å². The molecular formula is C2H7KN2O. The maximum absolute atomic E-state index is 9.58. The molecule has 0 rings (SSSR count). The molecule has 0 aromatic carbocycles. The van der Waals surface area contributed by atoms with Crippen LogP contribution in [0.3, 0.4) is 0 Å². The number of rotatable bonds is 0. The molecule has 0 bridgehead atoms. The number of hydrazine groups is 1. The van der Waals surface area contributed by atoms with Crippen molar-refractivity contribution in [2.24, 2.45) is 5.84 Å². The van der Waals surface area contributed by atoms with E-state index in [-0.39, 0.29) is 58.7 Å². The Kier molecular flexibility index (Phi) is 10.2. The third-order valence-electron chi connectivity index (χ3n) is 0.203. The Morgan fingerprint density at radius 2 is 2.17 bits per heavy atom. The van der Waals surface area contributed by atoms with Crippen LogP contribution >= 0.6 is 0 Å². The van der Waals surface area contributed by atoms with E-state index in [4.69, 9.17) is 0 Å². The largest absolute Gasteiger partial charge is 1.00 e. The Bertz CT molecular complexity index is 51.0. The number of carbonyl (C=O) groups is 1. The van der Waals surface area contributed by atoms with Gasteiger partial charge in [-0.2, -0.15) is 0 Å². The molecule has 0 aliphatic rings. The molecule has 3 N–H and O–H groups in total. The molecule has 0 fully saturated rings. The van der Waals surface area contributed by atoms with E-state index in [1.165, 1.54) is 6.92 Å². The van der Waals surface area contributed by atoms with Crippen LogP contribution in [0.4, 0.5) is 0 Å². The molecule has 32 valence electrons. The zero-order valence-electron chi connectivity index (χ0n) is 4.99. The summed E-state index contributed by atoms with van der Waals surface area (Å²) in [5, 5.41) is 0. The quantitative estimate of drug-likeness (QED) is 0.146. The zero-order valence-corrected chi connectivity index (χ0v) is 7.11. The van der Waals surface area contributed by atoms with Crippen LogP contribution in [-0.4, -0.2) is 5.91 Å². The normalized spacial score (nSPS) is 5.67. The van der Waals surface area contributed by atoms with Crippen LogP contribution in [0.25, 0.3) is 0 Å². The van der Waals surface area contributed by atoms with Crippen molar-refractivity contribution in [3.63, 3.8) is 0 Å². The van der Waals surface area contributed by atoms with Crippen molar-refractivity contribution in [3.05, 3.63) is 0 Å². The fourth-order valence-electron chi connectivity index (χ4n) is 0. The first-order valence-electron chi connectivity index (χ1n) is 1.24. The van der Waals surface area contributed by atoms with Crippen LogP contribution in [0, 0.1) is 0 Å². The van der Waals surface area contributed by atoms with E-state index in [1.54, 1.807) is 0 Å². The number of nitrogens with two attached hydrogens (primary N) is 1. The van der Waals surface area contributed by atoms with Crippen molar-refractivity contribution in [3.8, 4) is 0 Å². The topological polar surface area (TPSA) is 55.1 Å². The van der Waals surface area contributed by atoms with Gasteiger partial charge in [-0.05, 0) is 0 Å². The molecule has 0 radical (unpaired) electrons. The fourth-order valence-corrected chi connectivity index (χ4v) is 0. The molecule has 0 aromatic rings. The Balaban J connectivity index is -0.0000000800. The molecule has 0 saturated heterocycles. The molecule has 4 heteroatoms. The third kappa shape index (κ3) is 8.91. The summed E-state index contributed by atoms with van der Waals surface area (Å²) in [4.78, 5) is 9.58. The summed E-state index contributed by atoms with van der Waals surface area (Å²) >= 11 is 0. The average Bonchev–Trinajstić information content (AvgIpc) is 1.38. The van der Waals surface area contributed by atoms with Crippen molar-refractivity contribution in [2.75, 3.05) is 0 Å². The third-order valence-corrected chi connectivity index (χ3v) is 0.203. The van der Waals surface area contributed by atoms with Crippen molar-refractivity contribution >= 4 is 5.91 Å². The molecular weight excluding hydrogens is 107 g/mol. The van der Waals surface area contributed by atoms with Crippen LogP contribution in [0.1, 0.15) is 8.35 Å². The second kappa shape index (κ2) is 6.07. The minimum absolute atomic E-state index is 0. The van der Waals surface area contributed by atoms with Crippen molar-refractivity contribution in [1.29, 1.82) is 0 Å². The fraction of sp³-hybridized carbons (Fsp3) is 0.500. The van der Waals surface area contributed by atoms with E-state index in [1.807, 2.05) is 5.43 Å². The molecule has 0 heterocycles. The van der Waals surface area contributed by atoms with E-state index < -0.39 is 0 Å². The number of carbonyl (C=O) groups excluding carboxylic acids is 1. The summed E-state index contributed by atoms with van der Waals surface area (Å²) < 4.78 is 0. The number of nitrogens with one attached hydrogen (secondary N) is 1. The molecule has 6 heavy (non-hydrogen) atoms. The van der Waals surface area contributed by atoms with E-state index in [0.29, 0.717) is 0 Å². The molecule has 0 unspecified atom stereocenters. The number of amides is 1. The van der Waals surface area contributed by atoms with E-state index in [9.17, 15) is 4.79 Å². The summed E-state index contributed by atoms with van der Waals surface area (Å²) in [5.41, 5.74) is 1.89. The van der Waals surface area contributed by atoms with Gasteiger partial charge in [0, 0.05) is 6.92 Å². The first-order valence-corrected chi connectivity index (χ1v) is 1.24. The smallest absolute Gasteiger partial charge is 1.00 e. The van der Waals surface area contributed by atoms with Gasteiger partial charge in [0.25, 0.3) is 0 Å². The zero-order chi connectivity index (χ0) is 4.28. The van der Waals surface area contributed by atoms with Gasteiger partial charge in [-0.3, -0.25) is 10.2 Å². The van der Waals surface area contributed by atoms with Crippen LogP contribution in [-0.2, 0) is 4.79 Å². The summed E-state index contributed by atoms with van der Waals surface area (Å²) in [6, 6.07) is 0. The Labute approximate surface area is 80.5 Å². The van der Waals surface area contributed by atoms with Crippen molar-refractivity contribution in [2.45, 2.75) is 6.92 Å². The molecule has 1 amide bonds. The van der Waals surface area contributed by atoms with Gasteiger partial charge in [-0.1, -0.05) is 0 Å². The maximum atomic E-state index is 9.58. The van der Waals surface area contributed by atoms with Crippen molar-refractivity contribution < 1.29 is 57.6 Å². The van der Waals surface area contributed by atoms with Gasteiger partial charge in [0.2, 0.25) is 5.91 Å². The molecule has 0 saturated carbocycles. The minimum atomic E-state index is -0.218. The molecule has 0 atom stereocenters. The van der Waals surface area contributed by atoms with Crippen LogP contribution in [0.15, 0.2) is 0 Å². The van der Waals surface area contributed by atoms with E-state index >= 15 is 0 Å². The SMILES string of the molecule is CC(=O)NN.[H-].[K+]. The van der Waals surface area contributed by atoms with Gasteiger partial charge in [-0.25, -0.2) is 5.84 Å². The first-order chi connectivity index (χ1) is 2.27. The summed E-state index contributed by atoms with van der Waals surface area (Å²) in [6.07, 6.45) is 0. The number of hydrogen-bond acceptors (Lipinski definition) is 2. The van der Waals surface area contributed by atoms with Gasteiger partial charge in [0.1, 0.15) is 0 Å². The predicted molar refractivity (Wildman–Crippen MR) is 19.1 cm³/mol. The van der Waals surface area contributed by atoms with Gasteiger partial charge in [-0.15, -0.1) is 0 Å². The summed E-state index contributed by atoms with van der Waals surface area (Å²) in [6.45, 7) is 1.35. The first kappa shape index (κ1) is 10.1. The van der Waals surface area contributed by atoms with Gasteiger partial charge >= 0.3 is 51.4 Å². The van der Waals surface area contributed by atoms with Crippen LogP contribution in [0.2, 0.25) is 0 Å². The van der Waals surface area contributed by atoms with E-state index in [2.05, 4.69) is 5.84 Å². The Morgan fingerprint density at radius 3 is 2.17 bits per heavy atom. The van der Waals surface area contributed by atoms with Crippen molar-refractivity contribution in [1.82, 2.24) is 5.43 Å². The second-order valence-corrected chi connectivity index (χ2v) is 0.701. The molecule has 0 aliphatic carbocycles. The molecule has 3 nitrogen and oxygen atoms in total. The summed E-state index contributed by atoms with van der Waals surface area (Å²) in [5.74, 6) is 4.35. The maximum Gasteiger partial charge on any atom is 1.00 e. The van der Waals surface area contributed by atoms with Crippen LogP contribution in [0.5, 0.6) is 0 Å². The number of hydrogen-bond donors (Lipinski definition) is 2. The predicted octanol–water partition coefficient (Wildman–Crippen LogP) is -3.89. The Morgan fingerprint density at radius 1 is 2.00 bits per heavy atom. The van der Waals surface area contributed by atoms with Crippen LogP contribution < -0.4 is 62.7 Å². The molecule has 0 aromatic heterocycles. The standard InChI is InChI=1S/C2H6N2O.K.H/c1-2(5)4-3;;/h3H2,1H3,(H,4,5);;/q;+1;-1. The minimum Gasteiger partial charge on any atom is -1.00 e. The monoisotopic (exact) mass is 114 g/mol. The summed E-state index contributed by atoms with van der Waals surface area (Å²) in [7, 11) is 0. The second-order valence-electron chi connectivity index (χ2n) is 0.701. The van der Waals surface area contributed by atoms with Gasteiger partial charge in [0.05, 0.1) is 0 Å². The van der Waals surface area contributed by atoms with E-state index in [0.717, 1.165) is 0 Å². The molecule has 0 spiro atoms. The van der Waals surface area contributed by atoms with Gasteiger partial charge in [0.15, 0.2) is 0 Å². The molecule has 0 aliphatic heterocycles.